The number of aromatic nitrogens is 6. The van der Waals surface area contributed by atoms with Crippen molar-refractivity contribution < 1.29 is 13.2 Å². The van der Waals surface area contributed by atoms with Gasteiger partial charge in [0.05, 0.1) is 6.54 Å². The van der Waals surface area contributed by atoms with Crippen molar-refractivity contribution in [3.63, 3.8) is 0 Å². The molecule has 0 spiro atoms. The van der Waals surface area contributed by atoms with Gasteiger partial charge in [-0.25, -0.2) is 15.0 Å². The van der Waals surface area contributed by atoms with Gasteiger partial charge < -0.3 is 5.32 Å². The summed E-state index contributed by atoms with van der Waals surface area (Å²) < 4.78 is 41.0. The number of nitrogens with one attached hydrogen (secondary N) is 1. The molecular weight excluding hydrogens is 335 g/mol. The van der Waals surface area contributed by atoms with Crippen LogP contribution in [-0.2, 0) is 12.7 Å². The number of hydrogen-bond acceptors (Lipinski definition) is 6. The van der Waals surface area contributed by atoms with E-state index in [1.807, 2.05) is 6.92 Å². The maximum absolute atomic E-state index is 13.2. The summed E-state index contributed by atoms with van der Waals surface area (Å²) in [7, 11) is 0. The van der Waals surface area contributed by atoms with Crippen molar-refractivity contribution in [1.82, 2.24) is 29.7 Å². The smallest absolute Gasteiger partial charge is 0.366 e. The predicted octanol–water partition coefficient (Wildman–Crippen LogP) is 2.65. The molecule has 0 radical (unpaired) electrons. The van der Waals surface area contributed by atoms with Crippen molar-refractivity contribution in [2.75, 3.05) is 5.32 Å². The van der Waals surface area contributed by atoms with E-state index in [9.17, 15) is 13.2 Å². The fraction of sp³-hybridized carbons (Fsp3) is 0.267. The highest BCUT2D eigenvalue weighted by atomic mass is 19.4. The van der Waals surface area contributed by atoms with Crippen LogP contribution in [0.2, 0.25) is 0 Å². The topological polar surface area (TPSA) is 81.4 Å². The molecule has 0 bridgehead atoms. The van der Waals surface area contributed by atoms with Crippen molar-refractivity contribution in [3.05, 3.63) is 48.9 Å². The SMILES string of the molecule is C[C@@H](Cn1cncn1)Nc1cc(C(F)(F)F)nc(-c2ccncc2)n1. The number of rotatable bonds is 5. The third kappa shape index (κ3) is 4.28. The summed E-state index contributed by atoms with van der Waals surface area (Å²) in [5.74, 6) is 0.0643. The van der Waals surface area contributed by atoms with Gasteiger partial charge in [0.2, 0.25) is 0 Å². The molecule has 0 fully saturated rings. The zero-order chi connectivity index (χ0) is 17.9. The van der Waals surface area contributed by atoms with E-state index in [1.165, 1.54) is 25.0 Å². The first-order chi connectivity index (χ1) is 11.9. The first-order valence-electron chi connectivity index (χ1n) is 7.37. The Labute approximate surface area is 141 Å². The third-order valence-corrected chi connectivity index (χ3v) is 3.28. The summed E-state index contributed by atoms with van der Waals surface area (Å²) in [5.41, 5.74) is -0.558. The molecule has 0 aromatic carbocycles. The van der Waals surface area contributed by atoms with Crippen LogP contribution in [0, 0.1) is 0 Å². The lowest BCUT2D eigenvalue weighted by molar-refractivity contribution is -0.141. The highest BCUT2D eigenvalue weighted by Gasteiger charge is 2.34. The first kappa shape index (κ1) is 16.8. The molecule has 0 aliphatic heterocycles. The number of hydrogen-bond donors (Lipinski definition) is 1. The Morgan fingerprint density at radius 3 is 2.56 bits per heavy atom. The van der Waals surface area contributed by atoms with E-state index in [2.05, 4.69) is 30.4 Å². The van der Waals surface area contributed by atoms with Gasteiger partial charge in [-0.2, -0.15) is 18.3 Å². The normalized spacial score (nSPS) is 12.8. The Bertz CT molecular complexity index is 819. The molecule has 0 amide bonds. The van der Waals surface area contributed by atoms with E-state index < -0.39 is 11.9 Å². The Kier molecular flexibility index (Phi) is 4.59. The maximum Gasteiger partial charge on any atom is 0.433 e. The van der Waals surface area contributed by atoms with E-state index in [4.69, 9.17) is 0 Å². The highest BCUT2D eigenvalue weighted by molar-refractivity contribution is 5.57. The Balaban J connectivity index is 1.89. The maximum atomic E-state index is 13.2. The average molecular weight is 349 g/mol. The second kappa shape index (κ2) is 6.83. The first-order valence-corrected chi connectivity index (χ1v) is 7.37. The summed E-state index contributed by atoms with van der Waals surface area (Å²) in [4.78, 5) is 15.5. The standard InChI is InChI=1S/C15H14F3N7/c1-10(7-25-9-20-8-21-25)22-13-6-12(15(16,17)18)23-14(24-13)11-2-4-19-5-3-11/h2-6,8-10H,7H2,1H3,(H,22,23,24)/t10-/m0/s1. The Morgan fingerprint density at radius 2 is 1.92 bits per heavy atom. The second-order valence-corrected chi connectivity index (χ2v) is 5.36. The number of nitrogens with zero attached hydrogens (tertiary/aromatic N) is 6. The van der Waals surface area contributed by atoms with Crippen LogP contribution >= 0.6 is 0 Å². The van der Waals surface area contributed by atoms with Crippen molar-refractivity contribution in [1.29, 1.82) is 0 Å². The van der Waals surface area contributed by atoms with Crippen molar-refractivity contribution >= 4 is 5.82 Å². The summed E-state index contributed by atoms with van der Waals surface area (Å²) in [6.45, 7) is 2.24. The van der Waals surface area contributed by atoms with Gasteiger partial charge >= 0.3 is 6.18 Å². The van der Waals surface area contributed by atoms with Crippen molar-refractivity contribution in [2.24, 2.45) is 0 Å². The number of halogens is 3. The van der Waals surface area contributed by atoms with Crippen LogP contribution in [0.5, 0.6) is 0 Å². The fourth-order valence-electron chi connectivity index (χ4n) is 2.20. The molecule has 3 heterocycles. The lowest BCUT2D eigenvalue weighted by Gasteiger charge is -2.16. The van der Waals surface area contributed by atoms with Crippen LogP contribution in [0.15, 0.2) is 43.2 Å². The molecule has 130 valence electrons. The van der Waals surface area contributed by atoms with Gasteiger partial charge in [-0.05, 0) is 19.1 Å². The minimum atomic E-state index is -4.57. The van der Waals surface area contributed by atoms with Gasteiger partial charge in [0.1, 0.15) is 18.5 Å². The largest absolute Gasteiger partial charge is 0.433 e. The highest BCUT2D eigenvalue weighted by Crippen LogP contribution is 2.30. The van der Waals surface area contributed by atoms with E-state index in [-0.39, 0.29) is 17.7 Å². The van der Waals surface area contributed by atoms with Gasteiger partial charge in [-0.15, -0.1) is 0 Å². The average Bonchev–Trinajstić information content (AvgIpc) is 3.07. The fourth-order valence-corrected chi connectivity index (χ4v) is 2.20. The molecule has 3 rings (SSSR count). The predicted molar refractivity (Wildman–Crippen MR) is 83.4 cm³/mol. The summed E-state index contributed by atoms with van der Waals surface area (Å²) in [6, 6.07) is 3.78. The van der Waals surface area contributed by atoms with E-state index in [0.29, 0.717) is 12.1 Å². The minimum Gasteiger partial charge on any atom is -0.366 e. The van der Waals surface area contributed by atoms with Crippen LogP contribution in [0.4, 0.5) is 19.0 Å². The van der Waals surface area contributed by atoms with Gasteiger partial charge in [-0.1, -0.05) is 0 Å². The molecular formula is C15H14F3N7. The van der Waals surface area contributed by atoms with Crippen LogP contribution in [0.3, 0.4) is 0 Å². The molecule has 3 aromatic heterocycles. The summed E-state index contributed by atoms with van der Waals surface area (Å²) in [6.07, 6.45) is 1.29. The lowest BCUT2D eigenvalue weighted by Crippen LogP contribution is -2.23. The molecule has 7 nitrogen and oxygen atoms in total. The molecule has 0 aliphatic rings. The molecule has 0 aliphatic carbocycles. The van der Waals surface area contributed by atoms with Gasteiger partial charge in [0, 0.05) is 30.1 Å². The van der Waals surface area contributed by atoms with Crippen molar-refractivity contribution in [2.45, 2.75) is 25.7 Å². The molecule has 25 heavy (non-hydrogen) atoms. The number of pyridine rings is 1. The molecule has 3 aromatic rings. The van der Waals surface area contributed by atoms with Gasteiger partial charge in [0.15, 0.2) is 11.5 Å². The van der Waals surface area contributed by atoms with E-state index in [1.54, 1.807) is 16.8 Å². The quantitative estimate of drug-likeness (QED) is 0.763. The molecule has 10 heteroatoms. The monoisotopic (exact) mass is 349 g/mol. The van der Waals surface area contributed by atoms with Crippen molar-refractivity contribution in [3.8, 4) is 11.4 Å². The summed E-state index contributed by atoms with van der Waals surface area (Å²) in [5, 5.41) is 6.91. The zero-order valence-electron chi connectivity index (χ0n) is 13.1. The number of alkyl halides is 3. The minimum absolute atomic E-state index is 0.0207. The lowest BCUT2D eigenvalue weighted by atomic mass is 10.2. The summed E-state index contributed by atoms with van der Waals surface area (Å²) >= 11 is 0. The molecule has 1 N–H and O–H groups in total. The number of anilines is 1. The third-order valence-electron chi connectivity index (χ3n) is 3.28. The van der Waals surface area contributed by atoms with Crippen LogP contribution < -0.4 is 5.32 Å². The Morgan fingerprint density at radius 1 is 1.16 bits per heavy atom. The van der Waals surface area contributed by atoms with Gasteiger partial charge in [0.25, 0.3) is 0 Å². The molecule has 1 atom stereocenters. The van der Waals surface area contributed by atoms with Crippen LogP contribution in [-0.4, -0.2) is 35.8 Å². The van der Waals surface area contributed by atoms with Gasteiger partial charge in [-0.3, -0.25) is 9.67 Å². The van der Waals surface area contributed by atoms with Crippen LogP contribution in [0.1, 0.15) is 12.6 Å². The zero-order valence-corrected chi connectivity index (χ0v) is 13.1. The molecule has 0 unspecified atom stereocenters. The van der Waals surface area contributed by atoms with Crippen LogP contribution in [0.25, 0.3) is 11.4 Å². The van der Waals surface area contributed by atoms with E-state index >= 15 is 0 Å². The molecule has 0 saturated heterocycles. The second-order valence-electron chi connectivity index (χ2n) is 5.36. The Hall–Kier alpha value is -3.04. The van der Waals surface area contributed by atoms with E-state index in [0.717, 1.165) is 6.07 Å². The molecule has 0 saturated carbocycles.